The minimum absolute atomic E-state index is 0.0787. The van der Waals surface area contributed by atoms with Crippen molar-refractivity contribution in [2.24, 2.45) is 5.92 Å². The monoisotopic (exact) mass is 388 g/mol. The van der Waals surface area contributed by atoms with E-state index in [1.807, 2.05) is 0 Å². The SMILES string of the molecule is Cc1noc(C)c1S(=O)(=O)N1CCC(C(=O)OCC(=O)OC(C)C)CC1. The van der Waals surface area contributed by atoms with Gasteiger partial charge in [-0.05, 0) is 40.5 Å². The van der Waals surface area contributed by atoms with Crippen LogP contribution >= 0.6 is 0 Å². The van der Waals surface area contributed by atoms with Gasteiger partial charge in [-0.3, -0.25) is 4.79 Å². The molecule has 0 aromatic carbocycles. The molecule has 2 rings (SSSR count). The second kappa shape index (κ2) is 8.17. The summed E-state index contributed by atoms with van der Waals surface area (Å²) in [4.78, 5) is 23.6. The minimum atomic E-state index is -3.72. The number of esters is 2. The summed E-state index contributed by atoms with van der Waals surface area (Å²) in [5.41, 5.74) is 0.313. The van der Waals surface area contributed by atoms with Crippen LogP contribution in [0.5, 0.6) is 0 Å². The molecule has 9 nitrogen and oxygen atoms in total. The van der Waals surface area contributed by atoms with Crippen LogP contribution in [0.3, 0.4) is 0 Å². The van der Waals surface area contributed by atoms with Crippen molar-refractivity contribution in [3.8, 4) is 0 Å². The summed E-state index contributed by atoms with van der Waals surface area (Å²) in [6.45, 7) is 6.46. The van der Waals surface area contributed by atoms with Crippen LogP contribution in [-0.4, -0.2) is 55.6 Å². The van der Waals surface area contributed by atoms with Crippen LogP contribution in [0.4, 0.5) is 0 Å². The van der Waals surface area contributed by atoms with Crippen LogP contribution in [0, 0.1) is 19.8 Å². The fraction of sp³-hybridized carbons (Fsp3) is 0.688. The van der Waals surface area contributed by atoms with Crippen molar-refractivity contribution in [1.29, 1.82) is 0 Å². The van der Waals surface area contributed by atoms with E-state index in [1.165, 1.54) is 4.31 Å². The van der Waals surface area contributed by atoms with Gasteiger partial charge in [0.2, 0.25) is 10.0 Å². The third-order valence-electron chi connectivity index (χ3n) is 4.05. The van der Waals surface area contributed by atoms with E-state index in [-0.39, 0.29) is 29.8 Å². The summed E-state index contributed by atoms with van der Waals surface area (Å²) < 4.78 is 41.6. The molecule has 0 radical (unpaired) electrons. The van der Waals surface area contributed by atoms with Gasteiger partial charge in [0.1, 0.15) is 10.6 Å². The van der Waals surface area contributed by atoms with Crippen LogP contribution in [0.25, 0.3) is 0 Å². The Morgan fingerprint density at radius 3 is 2.38 bits per heavy atom. The number of aryl methyl sites for hydroxylation is 2. The normalized spacial score (nSPS) is 16.7. The van der Waals surface area contributed by atoms with E-state index in [2.05, 4.69) is 5.16 Å². The smallest absolute Gasteiger partial charge is 0.344 e. The van der Waals surface area contributed by atoms with Gasteiger partial charge >= 0.3 is 11.9 Å². The molecule has 1 aliphatic rings. The first-order valence-corrected chi connectivity index (χ1v) is 9.86. The Labute approximate surface area is 152 Å². The molecule has 0 atom stereocenters. The Morgan fingerprint density at radius 1 is 1.27 bits per heavy atom. The Kier molecular flexibility index (Phi) is 6.40. The standard InChI is InChI=1S/C16H24N2O7S/c1-10(2)24-14(19)9-23-16(20)13-5-7-18(8-6-13)26(21,22)15-11(3)17-25-12(15)4/h10,13H,5-9H2,1-4H3. The topological polar surface area (TPSA) is 116 Å². The molecule has 0 amide bonds. The molecule has 0 N–H and O–H groups in total. The fourth-order valence-corrected chi connectivity index (χ4v) is 4.61. The lowest BCUT2D eigenvalue weighted by molar-refractivity contribution is -0.164. The van der Waals surface area contributed by atoms with Gasteiger partial charge in [0.05, 0.1) is 12.0 Å². The molecular weight excluding hydrogens is 364 g/mol. The molecule has 26 heavy (non-hydrogen) atoms. The van der Waals surface area contributed by atoms with E-state index in [1.54, 1.807) is 27.7 Å². The van der Waals surface area contributed by atoms with Crippen molar-refractivity contribution in [1.82, 2.24) is 9.46 Å². The number of ether oxygens (including phenoxy) is 2. The van der Waals surface area contributed by atoms with Crippen LogP contribution in [-0.2, 0) is 29.1 Å². The summed E-state index contributed by atoms with van der Waals surface area (Å²) in [6, 6.07) is 0. The molecule has 146 valence electrons. The molecule has 1 aliphatic heterocycles. The molecule has 0 spiro atoms. The Morgan fingerprint density at radius 2 is 1.88 bits per heavy atom. The van der Waals surface area contributed by atoms with Gasteiger partial charge in [-0.1, -0.05) is 5.16 Å². The highest BCUT2D eigenvalue weighted by molar-refractivity contribution is 7.89. The number of nitrogens with zero attached hydrogens (tertiary/aromatic N) is 2. The van der Waals surface area contributed by atoms with Crippen LogP contribution in [0.1, 0.15) is 38.1 Å². The number of rotatable bonds is 6. The summed E-state index contributed by atoms with van der Waals surface area (Å²) >= 11 is 0. The van der Waals surface area contributed by atoms with Crippen molar-refractivity contribution < 1.29 is 32.0 Å². The van der Waals surface area contributed by atoms with Crippen molar-refractivity contribution in [2.45, 2.75) is 51.5 Å². The second-order valence-electron chi connectivity index (χ2n) is 6.48. The van der Waals surface area contributed by atoms with E-state index < -0.39 is 34.5 Å². The third kappa shape index (κ3) is 4.61. The quantitative estimate of drug-likeness (QED) is 0.667. The van der Waals surface area contributed by atoms with Gasteiger partial charge < -0.3 is 14.0 Å². The van der Waals surface area contributed by atoms with Gasteiger partial charge in [0, 0.05) is 13.1 Å². The molecule has 1 aromatic heterocycles. The summed E-state index contributed by atoms with van der Waals surface area (Å²) in [6.07, 6.45) is 0.361. The molecule has 0 aliphatic carbocycles. The lowest BCUT2D eigenvalue weighted by Gasteiger charge is -2.29. The molecule has 1 saturated heterocycles. The van der Waals surface area contributed by atoms with Crippen LogP contribution in [0.15, 0.2) is 9.42 Å². The van der Waals surface area contributed by atoms with E-state index in [9.17, 15) is 18.0 Å². The minimum Gasteiger partial charge on any atom is -0.460 e. The average molecular weight is 388 g/mol. The number of hydrogen-bond acceptors (Lipinski definition) is 8. The Bertz CT molecular complexity index is 742. The summed E-state index contributed by atoms with van der Waals surface area (Å²) in [5, 5.41) is 3.68. The number of carbonyl (C=O) groups excluding carboxylic acids is 2. The van der Waals surface area contributed by atoms with Crippen molar-refractivity contribution in [2.75, 3.05) is 19.7 Å². The molecule has 1 aromatic rings. The van der Waals surface area contributed by atoms with Gasteiger partial charge in [0.25, 0.3) is 0 Å². The maximum atomic E-state index is 12.7. The van der Waals surface area contributed by atoms with E-state index in [4.69, 9.17) is 14.0 Å². The molecule has 2 heterocycles. The zero-order valence-electron chi connectivity index (χ0n) is 15.4. The first-order chi connectivity index (χ1) is 12.1. The number of piperidine rings is 1. The molecule has 1 fully saturated rings. The predicted molar refractivity (Wildman–Crippen MR) is 89.6 cm³/mol. The number of sulfonamides is 1. The first kappa shape index (κ1) is 20.4. The Hall–Kier alpha value is -1.94. The highest BCUT2D eigenvalue weighted by atomic mass is 32.2. The van der Waals surface area contributed by atoms with Crippen LogP contribution < -0.4 is 0 Å². The molecule has 0 saturated carbocycles. The van der Waals surface area contributed by atoms with Crippen LogP contribution in [0.2, 0.25) is 0 Å². The lowest BCUT2D eigenvalue weighted by atomic mass is 9.98. The average Bonchev–Trinajstić information content (AvgIpc) is 2.91. The lowest BCUT2D eigenvalue weighted by Crippen LogP contribution is -2.41. The summed E-state index contributed by atoms with van der Waals surface area (Å²) in [7, 11) is -3.72. The van der Waals surface area contributed by atoms with Crippen molar-refractivity contribution in [3.05, 3.63) is 11.5 Å². The number of hydrogen-bond donors (Lipinski definition) is 0. The van der Waals surface area contributed by atoms with Crippen molar-refractivity contribution in [3.63, 3.8) is 0 Å². The zero-order chi connectivity index (χ0) is 19.5. The van der Waals surface area contributed by atoms with Gasteiger partial charge in [-0.15, -0.1) is 0 Å². The molecule has 10 heteroatoms. The van der Waals surface area contributed by atoms with Gasteiger partial charge in [-0.25, -0.2) is 13.2 Å². The number of aromatic nitrogens is 1. The van der Waals surface area contributed by atoms with Crippen molar-refractivity contribution >= 4 is 22.0 Å². The van der Waals surface area contributed by atoms with E-state index >= 15 is 0 Å². The molecule has 0 bridgehead atoms. The zero-order valence-corrected chi connectivity index (χ0v) is 16.2. The Balaban J connectivity index is 1.91. The largest absolute Gasteiger partial charge is 0.460 e. The maximum absolute atomic E-state index is 12.7. The first-order valence-electron chi connectivity index (χ1n) is 8.42. The highest BCUT2D eigenvalue weighted by Crippen LogP contribution is 2.28. The highest BCUT2D eigenvalue weighted by Gasteiger charge is 2.36. The van der Waals surface area contributed by atoms with E-state index in [0.29, 0.717) is 18.5 Å². The third-order valence-corrected chi connectivity index (χ3v) is 6.20. The fourth-order valence-electron chi connectivity index (χ4n) is 2.85. The number of carbonyl (C=O) groups is 2. The predicted octanol–water partition coefficient (Wildman–Crippen LogP) is 1.19. The maximum Gasteiger partial charge on any atom is 0.344 e. The summed E-state index contributed by atoms with van der Waals surface area (Å²) in [5.74, 6) is -1.32. The van der Waals surface area contributed by atoms with Gasteiger partial charge in [0.15, 0.2) is 12.4 Å². The van der Waals surface area contributed by atoms with E-state index in [0.717, 1.165) is 0 Å². The van der Waals surface area contributed by atoms with Gasteiger partial charge in [-0.2, -0.15) is 4.31 Å². The molecule has 0 unspecified atom stereocenters. The second-order valence-corrected chi connectivity index (χ2v) is 8.35. The molecular formula is C16H24N2O7S.